The van der Waals surface area contributed by atoms with Crippen molar-refractivity contribution in [1.82, 2.24) is 14.8 Å². The zero-order valence-corrected chi connectivity index (χ0v) is 14.5. The van der Waals surface area contributed by atoms with E-state index in [0.717, 1.165) is 23.1 Å². The average Bonchev–Trinajstić information content (AvgIpc) is 3.30. The fourth-order valence-electron chi connectivity index (χ4n) is 2.51. The predicted molar refractivity (Wildman–Crippen MR) is 101 cm³/mol. The van der Waals surface area contributed by atoms with Crippen molar-refractivity contribution >= 4 is 29.2 Å². The molecule has 122 valence electrons. The maximum Gasteiger partial charge on any atom is 0.210 e. The van der Waals surface area contributed by atoms with E-state index in [-0.39, 0.29) is 0 Å². The van der Waals surface area contributed by atoms with E-state index in [4.69, 9.17) is 11.6 Å². The Morgan fingerprint density at radius 3 is 2.48 bits per heavy atom. The first-order valence-electron chi connectivity index (χ1n) is 7.57. The summed E-state index contributed by atoms with van der Waals surface area (Å²) in [6.45, 7) is 0. The van der Waals surface area contributed by atoms with Crippen molar-refractivity contribution < 1.29 is 4.79 Å². The van der Waals surface area contributed by atoms with Crippen molar-refractivity contribution in [3.8, 4) is 27.6 Å². The fraction of sp³-hybridized carbons (Fsp3) is 0. The lowest BCUT2D eigenvalue weighted by Crippen LogP contribution is -1.94. The molecule has 2 aromatic carbocycles. The first-order chi connectivity index (χ1) is 12.2. The molecule has 0 amide bonds. The van der Waals surface area contributed by atoms with Crippen LogP contribution < -0.4 is 0 Å². The lowest BCUT2D eigenvalue weighted by Gasteiger charge is -1.98. The zero-order valence-electron chi connectivity index (χ0n) is 13.0. The molecule has 4 rings (SSSR count). The molecule has 0 fully saturated rings. The normalized spacial score (nSPS) is 10.8. The molecule has 0 spiro atoms. The van der Waals surface area contributed by atoms with Gasteiger partial charge in [0.25, 0.3) is 0 Å². The molecular weight excluding hydrogens is 354 g/mol. The van der Waals surface area contributed by atoms with Crippen LogP contribution in [0.2, 0.25) is 5.02 Å². The Kier molecular flexibility index (Phi) is 4.17. The van der Waals surface area contributed by atoms with Gasteiger partial charge in [-0.2, -0.15) is 5.10 Å². The minimum atomic E-state index is 0.537. The van der Waals surface area contributed by atoms with Gasteiger partial charge in [0.05, 0.1) is 11.3 Å². The number of halogens is 1. The highest BCUT2D eigenvalue weighted by Gasteiger charge is 2.14. The van der Waals surface area contributed by atoms with Crippen LogP contribution in [0.3, 0.4) is 0 Å². The average molecular weight is 366 g/mol. The van der Waals surface area contributed by atoms with Gasteiger partial charge >= 0.3 is 0 Å². The van der Waals surface area contributed by atoms with Gasteiger partial charge in [-0.1, -0.05) is 54.1 Å². The fourth-order valence-corrected chi connectivity index (χ4v) is 3.40. The largest absolute Gasteiger partial charge is 0.298 e. The number of hydrogen-bond donors (Lipinski definition) is 0. The lowest BCUT2D eigenvalue weighted by molar-refractivity contribution is 0.112. The highest BCUT2D eigenvalue weighted by atomic mass is 35.5. The summed E-state index contributed by atoms with van der Waals surface area (Å²) in [5.74, 6) is 0. The smallest absolute Gasteiger partial charge is 0.210 e. The van der Waals surface area contributed by atoms with Gasteiger partial charge in [-0.15, -0.1) is 11.3 Å². The Bertz CT molecular complexity index is 1020. The summed E-state index contributed by atoms with van der Waals surface area (Å²) < 4.78 is 1.65. The van der Waals surface area contributed by atoms with Crippen LogP contribution in [-0.4, -0.2) is 21.1 Å². The lowest BCUT2D eigenvalue weighted by atomic mass is 10.1. The molecule has 0 saturated heterocycles. The number of carbonyl (C=O) groups excluding carboxylic acids is 1. The molecule has 0 aliphatic carbocycles. The third-order valence-electron chi connectivity index (χ3n) is 3.74. The molecule has 0 aliphatic rings. The van der Waals surface area contributed by atoms with E-state index in [9.17, 15) is 4.79 Å². The monoisotopic (exact) mass is 365 g/mol. The summed E-state index contributed by atoms with van der Waals surface area (Å²) in [4.78, 5) is 16.0. The van der Waals surface area contributed by atoms with Crippen molar-refractivity contribution in [2.75, 3.05) is 0 Å². The van der Waals surface area contributed by atoms with Crippen LogP contribution in [0.4, 0.5) is 0 Å². The molecule has 0 saturated carbocycles. The molecule has 2 aromatic heterocycles. The van der Waals surface area contributed by atoms with E-state index in [1.54, 1.807) is 10.9 Å². The number of carbonyl (C=O) groups is 1. The summed E-state index contributed by atoms with van der Waals surface area (Å²) in [6, 6.07) is 17.2. The van der Waals surface area contributed by atoms with Crippen LogP contribution in [0, 0.1) is 0 Å². The predicted octanol–water partition coefficient (Wildman–Crippen LogP) is 5.13. The van der Waals surface area contributed by atoms with E-state index in [1.165, 1.54) is 11.3 Å². The van der Waals surface area contributed by atoms with Crippen LogP contribution in [0.15, 0.2) is 66.2 Å². The second-order valence-electron chi connectivity index (χ2n) is 5.38. The molecule has 0 unspecified atom stereocenters. The summed E-state index contributed by atoms with van der Waals surface area (Å²) in [6.07, 6.45) is 2.53. The van der Waals surface area contributed by atoms with Crippen LogP contribution >= 0.6 is 22.9 Å². The maximum absolute atomic E-state index is 11.4. The first kappa shape index (κ1) is 15.7. The molecule has 4 nitrogen and oxygen atoms in total. The van der Waals surface area contributed by atoms with Crippen molar-refractivity contribution in [2.45, 2.75) is 0 Å². The highest BCUT2D eigenvalue weighted by Crippen LogP contribution is 2.27. The van der Waals surface area contributed by atoms with Gasteiger partial charge in [-0.3, -0.25) is 4.79 Å². The van der Waals surface area contributed by atoms with Gasteiger partial charge in [0.1, 0.15) is 5.69 Å². The molecular formula is C19H12ClN3OS. The third kappa shape index (κ3) is 3.12. The van der Waals surface area contributed by atoms with Gasteiger partial charge in [-0.05, 0) is 12.1 Å². The Morgan fingerprint density at radius 2 is 1.76 bits per heavy atom. The Hall–Kier alpha value is -2.76. The molecule has 6 heteroatoms. The van der Waals surface area contributed by atoms with E-state index in [1.807, 2.05) is 60.0 Å². The van der Waals surface area contributed by atoms with Gasteiger partial charge in [0, 0.05) is 27.7 Å². The minimum Gasteiger partial charge on any atom is -0.298 e. The van der Waals surface area contributed by atoms with Crippen molar-refractivity contribution in [2.24, 2.45) is 0 Å². The number of nitrogens with zero attached hydrogens (tertiary/aromatic N) is 3. The summed E-state index contributed by atoms with van der Waals surface area (Å²) in [5.41, 5.74) is 3.92. The van der Waals surface area contributed by atoms with Gasteiger partial charge < -0.3 is 0 Å². The molecule has 0 aliphatic heterocycles. The molecule has 0 N–H and O–H groups in total. The Morgan fingerprint density at radius 1 is 1.00 bits per heavy atom. The number of rotatable bonds is 4. The van der Waals surface area contributed by atoms with Crippen molar-refractivity contribution in [3.63, 3.8) is 0 Å². The second kappa shape index (κ2) is 6.63. The standard InChI is InChI=1S/C19H12ClN3OS/c20-16-8-6-13(7-9-16)17-12-25-19(21-17)23-10-15(11-24)18(22-23)14-4-2-1-3-5-14/h1-12H. The molecule has 0 bridgehead atoms. The van der Waals surface area contributed by atoms with Gasteiger partial charge in [-0.25, -0.2) is 9.67 Å². The molecule has 2 heterocycles. The van der Waals surface area contributed by atoms with Crippen molar-refractivity contribution in [3.05, 3.63) is 76.8 Å². The maximum atomic E-state index is 11.4. The second-order valence-corrected chi connectivity index (χ2v) is 6.66. The molecule has 4 aromatic rings. The van der Waals surface area contributed by atoms with Crippen LogP contribution in [-0.2, 0) is 0 Å². The van der Waals surface area contributed by atoms with Crippen LogP contribution in [0.5, 0.6) is 0 Å². The van der Waals surface area contributed by atoms with E-state index < -0.39 is 0 Å². The Balaban J connectivity index is 1.72. The van der Waals surface area contributed by atoms with E-state index >= 15 is 0 Å². The van der Waals surface area contributed by atoms with E-state index in [2.05, 4.69) is 10.1 Å². The van der Waals surface area contributed by atoms with Gasteiger partial charge in [0.15, 0.2) is 6.29 Å². The number of hydrogen-bond acceptors (Lipinski definition) is 4. The number of benzene rings is 2. The topological polar surface area (TPSA) is 47.8 Å². The number of aldehydes is 1. The summed E-state index contributed by atoms with van der Waals surface area (Å²) in [7, 11) is 0. The third-order valence-corrected chi connectivity index (χ3v) is 4.83. The van der Waals surface area contributed by atoms with Crippen LogP contribution in [0.25, 0.3) is 27.6 Å². The quantitative estimate of drug-likeness (QED) is 0.471. The number of thiazole rings is 1. The highest BCUT2D eigenvalue weighted by molar-refractivity contribution is 7.12. The first-order valence-corrected chi connectivity index (χ1v) is 8.82. The van der Waals surface area contributed by atoms with Gasteiger partial charge in [0.2, 0.25) is 5.13 Å². The summed E-state index contributed by atoms with van der Waals surface area (Å²) >= 11 is 7.40. The van der Waals surface area contributed by atoms with Crippen molar-refractivity contribution in [1.29, 1.82) is 0 Å². The van der Waals surface area contributed by atoms with Crippen LogP contribution in [0.1, 0.15) is 10.4 Å². The SMILES string of the molecule is O=Cc1cn(-c2nc(-c3ccc(Cl)cc3)cs2)nc1-c1ccccc1. The zero-order chi connectivity index (χ0) is 17.2. The minimum absolute atomic E-state index is 0.537. The molecule has 25 heavy (non-hydrogen) atoms. The number of aromatic nitrogens is 3. The molecule has 0 atom stereocenters. The van der Waals surface area contributed by atoms with E-state index in [0.29, 0.717) is 21.4 Å². The Labute approximate surface area is 153 Å². The summed E-state index contributed by atoms with van der Waals surface area (Å²) in [5, 5.41) is 7.91. The molecule has 0 radical (unpaired) electrons.